The molecule has 0 aromatic heterocycles. The zero-order valence-corrected chi connectivity index (χ0v) is 15.1. The Morgan fingerprint density at radius 1 is 1.09 bits per heavy atom. The molecule has 0 radical (unpaired) electrons. The van der Waals surface area contributed by atoms with Crippen molar-refractivity contribution in [1.82, 2.24) is 5.32 Å². The van der Waals surface area contributed by atoms with Crippen molar-refractivity contribution in [2.24, 2.45) is 0 Å². The maximum absolute atomic E-state index is 12.0. The molecule has 4 heteroatoms. The molecule has 2 rings (SSSR count). The molecule has 2 aromatic rings. The first-order valence-electron chi connectivity index (χ1n) is 7.79. The van der Waals surface area contributed by atoms with Crippen LogP contribution in [-0.4, -0.2) is 11.7 Å². The number of benzene rings is 2. The topological polar surface area (TPSA) is 29.1 Å². The fraction of sp³-hybridized carbons (Fsp3) is 0.316. The number of carbonyl (C=O) groups excluding carboxylic acids is 1. The van der Waals surface area contributed by atoms with E-state index in [1.165, 1.54) is 11.1 Å². The normalized spacial score (nSPS) is 12.0. The van der Waals surface area contributed by atoms with Gasteiger partial charge in [0, 0.05) is 10.8 Å². The molecule has 2 aromatic carbocycles. The number of amides is 1. The van der Waals surface area contributed by atoms with Gasteiger partial charge in [-0.3, -0.25) is 4.79 Å². The van der Waals surface area contributed by atoms with E-state index in [4.69, 9.17) is 11.6 Å². The third-order valence-electron chi connectivity index (χ3n) is 3.68. The molecule has 0 heterocycles. The summed E-state index contributed by atoms with van der Waals surface area (Å²) in [6, 6.07) is 16.2. The molecule has 2 nitrogen and oxygen atoms in total. The molecule has 0 saturated heterocycles. The van der Waals surface area contributed by atoms with Gasteiger partial charge in [0.05, 0.1) is 11.8 Å². The van der Waals surface area contributed by atoms with Gasteiger partial charge in [-0.15, -0.1) is 11.8 Å². The molecule has 0 spiro atoms. The van der Waals surface area contributed by atoms with Crippen LogP contribution in [0.5, 0.6) is 0 Å². The van der Waals surface area contributed by atoms with Crippen LogP contribution >= 0.6 is 23.4 Å². The standard InChI is InChI=1S/C19H22ClNOS/c1-3-15-4-8-17(9-5-15)14(2)21-19(22)13-23-12-16-6-10-18(20)11-7-16/h4-11,14H,3,12-13H2,1-2H3,(H,21,22)/t14-/m1/s1. The summed E-state index contributed by atoms with van der Waals surface area (Å²) >= 11 is 7.47. The predicted octanol–water partition coefficient (Wildman–Crippen LogP) is 5.01. The SMILES string of the molecule is CCc1ccc([C@@H](C)NC(=O)CSCc2ccc(Cl)cc2)cc1. The van der Waals surface area contributed by atoms with Crippen molar-refractivity contribution in [2.45, 2.75) is 32.1 Å². The minimum absolute atomic E-state index is 0.0320. The summed E-state index contributed by atoms with van der Waals surface area (Å²) in [7, 11) is 0. The van der Waals surface area contributed by atoms with E-state index < -0.39 is 0 Å². The number of aryl methyl sites for hydroxylation is 1. The van der Waals surface area contributed by atoms with E-state index in [1.807, 2.05) is 31.2 Å². The lowest BCUT2D eigenvalue weighted by Gasteiger charge is -2.14. The molecule has 1 N–H and O–H groups in total. The second-order valence-corrected chi connectivity index (χ2v) is 6.93. The summed E-state index contributed by atoms with van der Waals surface area (Å²) in [5.74, 6) is 1.33. The maximum Gasteiger partial charge on any atom is 0.230 e. The Bertz CT molecular complexity index is 625. The van der Waals surface area contributed by atoms with E-state index >= 15 is 0 Å². The van der Waals surface area contributed by atoms with Crippen molar-refractivity contribution < 1.29 is 4.79 Å². The molecule has 1 atom stereocenters. The monoisotopic (exact) mass is 347 g/mol. The fourth-order valence-electron chi connectivity index (χ4n) is 2.25. The number of carbonyl (C=O) groups is 1. The summed E-state index contributed by atoms with van der Waals surface area (Å²) in [4.78, 5) is 12.0. The van der Waals surface area contributed by atoms with Crippen LogP contribution in [0.1, 0.15) is 36.6 Å². The van der Waals surface area contributed by atoms with Crippen molar-refractivity contribution in [3.8, 4) is 0 Å². The Morgan fingerprint density at radius 2 is 1.70 bits per heavy atom. The Hall–Kier alpha value is -1.45. The van der Waals surface area contributed by atoms with Crippen LogP contribution in [-0.2, 0) is 17.0 Å². The maximum atomic E-state index is 12.0. The minimum Gasteiger partial charge on any atom is -0.349 e. The van der Waals surface area contributed by atoms with Crippen molar-refractivity contribution in [2.75, 3.05) is 5.75 Å². The molecule has 0 aliphatic heterocycles. The quantitative estimate of drug-likeness (QED) is 0.762. The third-order valence-corrected chi connectivity index (χ3v) is 4.94. The molecule has 23 heavy (non-hydrogen) atoms. The molecule has 0 bridgehead atoms. The lowest BCUT2D eigenvalue weighted by molar-refractivity contribution is -0.119. The Balaban J connectivity index is 1.76. The van der Waals surface area contributed by atoms with Crippen molar-refractivity contribution in [3.63, 3.8) is 0 Å². The molecular weight excluding hydrogens is 326 g/mol. The van der Waals surface area contributed by atoms with E-state index in [1.54, 1.807) is 11.8 Å². The van der Waals surface area contributed by atoms with Crippen LogP contribution in [0.2, 0.25) is 5.02 Å². The van der Waals surface area contributed by atoms with Gasteiger partial charge in [0.25, 0.3) is 0 Å². The van der Waals surface area contributed by atoms with Crippen LogP contribution in [0.3, 0.4) is 0 Å². The average molecular weight is 348 g/mol. The lowest BCUT2D eigenvalue weighted by Crippen LogP contribution is -2.28. The number of hydrogen-bond donors (Lipinski definition) is 1. The zero-order valence-electron chi connectivity index (χ0n) is 13.5. The largest absolute Gasteiger partial charge is 0.349 e. The van der Waals surface area contributed by atoms with E-state index in [0.717, 1.165) is 22.8 Å². The second-order valence-electron chi connectivity index (χ2n) is 5.50. The molecule has 0 fully saturated rings. The van der Waals surface area contributed by atoms with E-state index in [-0.39, 0.29) is 11.9 Å². The molecule has 0 unspecified atom stereocenters. The molecular formula is C19H22ClNOS. The predicted molar refractivity (Wildman–Crippen MR) is 100.0 cm³/mol. The first kappa shape index (κ1) is 17.9. The van der Waals surface area contributed by atoms with E-state index in [9.17, 15) is 4.79 Å². The smallest absolute Gasteiger partial charge is 0.230 e. The Kier molecular flexibility index (Phi) is 7.00. The highest BCUT2D eigenvalue weighted by atomic mass is 35.5. The lowest BCUT2D eigenvalue weighted by atomic mass is 10.1. The number of rotatable bonds is 7. The number of nitrogens with one attached hydrogen (secondary N) is 1. The highest BCUT2D eigenvalue weighted by molar-refractivity contribution is 7.99. The van der Waals surface area contributed by atoms with Crippen molar-refractivity contribution >= 4 is 29.3 Å². The van der Waals surface area contributed by atoms with Gasteiger partial charge in [-0.25, -0.2) is 0 Å². The van der Waals surface area contributed by atoms with Gasteiger partial charge in [0.1, 0.15) is 0 Å². The van der Waals surface area contributed by atoms with Gasteiger partial charge in [0.15, 0.2) is 0 Å². The summed E-state index contributed by atoms with van der Waals surface area (Å²) in [6.07, 6.45) is 1.03. The average Bonchev–Trinajstić information content (AvgIpc) is 2.56. The molecule has 0 aliphatic carbocycles. The number of thioether (sulfide) groups is 1. The van der Waals surface area contributed by atoms with E-state index in [0.29, 0.717) is 5.75 Å². The highest BCUT2D eigenvalue weighted by Gasteiger charge is 2.09. The zero-order chi connectivity index (χ0) is 16.7. The third kappa shape index (κ3) is 5.92. The van der Waals surface area contributed by atoms with Gasteiger partial charge < -0.3 is 5.32 Å². The first-order chi connectivity index (χ1) is 11.1. The van der Waals surface area contributed by atoms with Crippen LogP contribution < -0.4 is 5.32 Å². The Morgan fingerprint density at radius 3 is 2.30 bits per heavy atom. The minimum atomic E-state index is 0.0320. The highest BCUT2D eigenvalue weighted by Crippen LogP contribution is 2.17. The second kappa shape index (κ2) is 8.99. The molecule has 1 amide bonds. The van der Waals surface area contributed by atoms with Crippen molar-refractivity contribution in [3.05, 3.63) is 70.2 Å². The van der Waals surface area contributed by atoms with Crippen LogP contribution in [0, 0.1) is 0 Å². The Labute approximate surface area is 147 Å². The van der Waals surface area contributed by atoms with Gasteiger partial charge in [-0.2, -0.15) is 0 Å². The summed E-state index contributed by atoms with van der Waals surface area (Å²) < 4.78 is 0. The summed E-state index contributed by atoms with van der Waals surface area (Å²) in [5, 5.41) is 3.78. The number of halogens is 1. The first-order valence-corrected chi connectivity index (χ1v) is 9.32. The van der Waals surface area contributed by atoms with Gasteiger partial charge >= 0.3 is 0 Å². The fourth-order valence-corrected chi connectivity index (χ4v) is 3.18. The number of hydrogen-bond acceptors (Lipinski definition) is 2. The molecule has 122 valence electrons. The molecule has 0 aliphatic rings. The van der Waals surface area contributed by atoms with Gasteiger partial charge in [-0.1, -0.05) is 54.9 Å². The van der Waals surface area contributed by atoms with Gasteiger partial charge in [-0.05, 0) is 42.2 Å². The van der Waals surface area contributed by atoms with Crippen LogP contribution in [0.25, 0.3) is 0 Å². The van der Waals surface area contributed by atoms with Crippen LogP contribution in [0.15, 0.2) is 48.5 Å². The van der Waals surface area contributed by atoms with Crippen molar-refractivity contribution in [1.29, 1.82) is 0 Å². The summed E-state index contributed by atoms with van der Waals surface area (Å²) in [5.41, 5.74) is 3.62. The summed E-state index contributed by atoms with van der Waals surface area (Å²) in [6.45, 7) is 4.15. The van der Waals surface area contributed by atoms with E-state index in [2.05, 4.69) is 36.5 Å². The molecule has 0 saturated carbocycles. The van der Waals surface area contributed by atoms with Crippen LogP contribution in [0.4, 0.5) is 0 Å². The van der Waals surface area contributed by atoms with Gasteiger partial charge in [0.2, 0.25) is 5.91 Å².